The van der Waals surface area contributed by atoms with Crippen LogP contribution >= 0.6 is 0 Å². The van der Waals surface area contributed by atoms with Crippen LogP contribution < -0.4 is 10.1 Å². The number of nitrogens with one attached hydrogen (secondary N) is 1. The average molecular weight is 284 g/mol. The Morgan fingerprint density at radius 1 is 1.14 bits per heavy atom. The van der Waals surface area contributed by atoms with Gasteiger partial charge in [-0.3, -0.25) is 4.98 Å². The molecular weight excluding hydrogens is 260 g/mol. The van der Waals surface area contributed by atoms with E-state index >= 15 is 0 Å². The summed E-state index contributed by atoms with van der Waals surface area (Å²) in [6.45, 7) is 4.09. The summed E-state index contributed by atoms with van der Waals surface area (Å²) >= 11 is 0. The molecule has 2 rings (SSSR count). The summed E-state index contributed by atoms with van der Waals surface area (Å²) < 4.78 is 5.77. The van der Waals surface area contributed by atoms with E-state index in [4.69, 9.17) is 4.74 Å². The Bertz CT molecular complexity index is 540. The van der Waals surface area contributed by atoms with E-state index in [1.54, 1.807) is 0 Å². The minimum Gasteiger partial charge on any atom is -0.491 e. The fourth-order valence-electron chi connectivity index (χ4n) is 2.39. The van der Waals surface area contributed by atoms with E-state index < -0.39 is 0 Å². The zero-order valence-electron chi connectivity index (χ0n) is 13.0. The normalized spacial score (nSPS) is 12.4. The first kappa shape index (κ1) is 15.5. The van der Waals surface area contributed by atoms with Crippen molar-refractivity contribution in [2.75, 3.05) is 7.05 Å². The number of hydrogen-bond donors (Lipinski definition) is 1. The maximum atomic E-state index is 5.77. The average Bonchev–Trinajstić information content (AvgIpc) is 2.49. The van der Waals surface area contributed by atoms with Gasteiger partial charge in [0.1, 0.15) is 5.75 Å². The first-order valence-electron chi connectivity index (χ1n) is 7.53. The summed E-state index contributed by atoms with van der Waals surface area (Å²) in [4.78, 5) is 4.38. The van der Waals surface area contributed by atoms with Gasteiger partial charge in [0, 0.05) is 17.9 Å². The van der Waals surface area contributed by atoms with Crippen molar-refractivity contribution in [2.24, 2.45) is 0 Å². The lowest BCUT2D eigenvalue weighted by Crippen LogP contribution is -2.17. The highest BCUT2D eigenvalue weighted by molar-refractivity contribution is 5.31. The summed E-state index contributed by atoms with van der Waals surface area (Å²) in [7, 11) is 2.00. The van der Waals surface area contributed by atoms with Gasteiger partial charge in [-0.2, -0.15) is 0 Å². The number of rotatable bonds is 7. The molecule has 0 saturated heterocycles. The van der Waals surface area contributed by atoms with Crippen LogP contribution in [0.1, 0.15) is 37.6 Å². The van der Waals surface area contributed by atoms with E-state index in [9.17, 15) is 0 Å². The number of nitrogens with zero attached hydrogens (tertiary/aromatic N) is 1. The molecule has 1 aromatic heterocycles. The van der Waals surface area contributed by atoms with Crippen molar-refractivity contribution in [1.82, 2.24) is 10.3 Å². The second-order valence-corrected chi connectivity index (χ2v) is 5.44. The predicted octanol–water partition coefficient (Wildman–Crippen LogP) is 3.76. The molecule has 112 valence electrons. The van der Waals surface area contributed by atoms with Crippen LogP contribution in [0.15, 0.2) is 48.7 Å². The molecule has 1 N–H and O–H groups in total. The van der Waals surface area contributed by atoms with Crippen LogP contribution in [0.4, 0.5) is 0 Å². The van der Waals surface area contributed by atoms with Gasteiger partial charge in [-0.05, 0) is 63.6 Å². The van der Waals surface area contributed by atoms with Gasteiger partial charge in [0.25, 0.3) is 0 Å². The highest BCUT2D eigenvalue weighted by Crippen LogP contribution is 2.23. The minimum absolute atomic E-state index is 0.196. The molecule has 0 bridgehead atoms. The topological polar surface area (TPSA) is 34.2 Å². The van der Waals surface area contributed by atoms with Gasteiger partial charge in [-0.25, -0.2) is 0 Å². The van der Waals surface area contributed by atoms with Crippen LogP contribution in [0.3, 0.4) is 0 Å². The number of aromatic nitrogens is 1. The quantitative estimate of drug-likeness (QED) is 0.840. The molecule has 0 aliphatic rings. The first-order valence-corrected chi connectivity index (χ1v) is 7.53. The molecule has 0 saturated carbocycles. The summed E-state index contributed by atoms with van der Waals surface area (Å²) in [5.74, 6) is 0.931. The zero-order chi connectivity index (χ0) is 15.1. The smallest absolute Gasteiger partial charge is 0.120 e. The Hall–Kier alpha value is -1.87. The molecular formula is C18H24N2O. The minimum atomic E-state index is 0.196. The largest absolute Gasteiger partial charge is 0.491 e. The highest BCUT2D eigenvalue weighted by atomic mass is 16.5. The van der Waals surface area contributed by atoms with Crippen LogP contribution in [0.5, 0.6) is 5.75 Å². The fraction of sp³-hybridized carbons (Fsp3) is 0.389. The van der Waals surface area contributed by atoms with Crippen LogP contribution in [0.25, 0.3) is 0 Å². The van der Waals surface area contributed by atoms with E-state index in [0.717, 1.165) is 24.3 Å². The molecule has 0 amide bonds. The van der Waals surface area contributed by atoms with Gasteiger partial charge < -0.3 is 10.1 Å². The van der Waals surface area contributed by atoms with Crippen LogP contribution in [-0.4, -0.2) is 18.1 Å². The molecule has 1 heterocycles. The Labute approximate surface area is 127 Å². The van der Waals surface area contributed by atoms with Crippen LogP contribution in [0.2, 0.25) is 0 Å². The third-order valence-corrected chi connectivity index (χ3v) is 3.40. The molecule has 0 radical (unpaired) electrons. The Morgan fingerprint density at radius 3 is 2.67 bits per heavy atom. The van der Waals surface area contributed by atoms with Crippen molar-refractivity contribution >= 4 is 0 Å². The summed E-state index contributed by atoms with van der Waals surface area (Å²) in [6.07, 6.45) is 4.02. The SMILES string of the molecule is CNC(CCc1ccccn1)c1cccc(OC(C)C)c1. The molecule has 0 aliphatic carbocycles. The van der Waals surface area contributed by atoms with Gasteiger partial charge in [0.05, 0.1) is 6.10 Å². The van der Waals surface area contributed by atoms with Crippen LogP contribution in [-0.2, 0) is 6.42 Å². The molecule has 0 fully saturated rings. The van der Waals surface area contributed by atoms with Crippen molar-refractivity contribution < 1.29 is 4.74 Å². The number of aryl methyl sites for hydroxylation is 1. The molecule has 2 aromatic rings. The molecule has 3 nitrogen and oxygen atoms in total. The highest BCUT2D eigenvalue weighted by Gasteiger charge is 2.11. The Balaban J connectivity index is 2.03. The molecule has 0 aliphatic heterocycles. The van der Waals surface area contributed by atoms with Crippen molar-refractivity contribution in [3.05, 3.63) is 59.9 Å². The van der Waals surface area contributed by atoms with Gasteiger partial charge in [0.15, 0.2) is 0 Å². The third kappa shape index (κ3) is 4.87. The van der Waals surface area contributed by atoms with Gasteiger partial charge >= 0.3 is 0 Å². The van der Waals surface area contributed by atoms with Crippen molar-refractivity contribution in [3.8, 4) is 5.75 Å². The van der Waals surface area contributed by atoms with E-state index in [1.807, 2.05) is 45.3 Å². The van der Waals surface area contributed by atoms with Crippen LogP contribution in [0, 0.1) is 0 Å². The molecule has 1 atom stereocenters. The zero-order valence-corrected chi connectivity index (χ0v) is 13.0. The van der Waals surface area contributed by atoms with Crippen molar-refractivity contribution in [1.29, 1.82) is 0 Å². The summed E-state index contributed by atoms with van der Waals surface area (Å²) in [5, 5.41) is 3.39. The Morgan fingerprint density at radius 2 is 2.00 bits per heavy atom. The number of ether oxygens (including phenoxy) is 1. The first-order chi connectivity index (χ1) is 10.2. The lowest BCUT2D eigenvalue weighted by atomic mass is 10.0. The second-order valence-electron chi connectivity index (χ2n) is 5.44. The lowest BCUT2D eigenvalue weighted by molar-refractivity contribution is 0.242. The van der Waals surface area contributed by atoms with Gasteiger partial charge in [-0.1, -0.05) is 18.2 Å². The van der Waals surface area contributed by atoms with Gasteiger partial charge in [0.2, 0.25) is 0 Å². The van der Waals surface area contributed by atoms with E-state index in [2.05, 4.69) is 34.6 Å². The molecule has 21 heavy (non-hydrogen) atoms. The second kappa shape index (κ2) is 7.79. The maximum Gasteiger partial charge on any atom is 0.120 e. The lowest BCUT2D eigenvalue weighted by Gasteiger charge is -2.18. The molecule has 3 heteroatoms. The van der Waals surface area contributed by atoms with E-state index in [0.29, 0.717) is 6.04 Å². The summed E-state index contributed by atoms with van der Waals surface area (Å²) in [5.41, 5.74) is 2.39. The number of hydrogen-bond acceptors (Lipinski definition) is 3. The molecule has 0 spiro atoms. The van der Waals surface area contributed by atoms with Crippen molar-refractivity contribution in [3.63, 3.8) is 0 Å². The third-order valence-electron chi connectivity index (χ3n) is 3.40. The summed E-state index contributed by atoms with van der Waals surface area (Å²) in [6, 6.07) is 14.7. The van der Waals surface area contributed by atoms with E-state index in [1.165, 1.54) is 5.56 Å². The van der Waals surface area contributed by atoms with E-state index in [-0.39, 0.29) is 6.10 Å². The fourth-order valence-corrected chi connectivity index (χ4v) is 2.39. The predicted molar refractivity (Wildman–Crippen MR) is 86.6 cm³/mol. The standard InChI is InChI=1S/C18H24N2O/c1-14(2)21-17-9-6-7-15(13-17)18(19-3)11-10-16-8-4-5-12-20-16/h4-9,12-14,18-19H,10-11H2,1-3H3. The van der Waals surface area contributed by atoms with Crippen molar-refractivity contribution in [2.45, 2.75) is 38.8 Å². The monoisotopic (exact) mass is 284 g/mol. The Kier molecular flexibility index (Phi) is 5.76. The number of pyridine rings is 1. The molecule has 1 unspecified atom stereocenters. The maximum absolute atomic E-state index is 5.77. The van der Waals surface area contributed by atoms with Gasteiger partial charge in [-0.15, -0.1) is 0 Å². The molecule has 1 aromatic carbocycles. The number of benzene rings is 1.